The van der Waals surface area contributed by atoms with Gasteiger partial charge in [-0.2, -0.15) is 0 Å². The van der Waals surface area contributed by atoms with Gasteiger partial charge in [-0.3, -0.25) is 4.99 Å². The highest BCUT2D eigenvalue weighted by Gasteiger charge is 2.51. The van der Waals surface area contributed by atoms with Crippen LogP contribution in [0.5, 0.6) is 0 Å². The van der Waals surface area contributed by atoms with E-state index in [1.54, 1.807) is 0 Å². The van der Waals surface area contributed by atoms with E-state index in [0.29, 0.717) is 24.7 Å². The molecule has 1 aliphatic heterocycles. The number of hydrogen-bond acceptors (Lipinski definition) is 1. The standard InChI is InChI=1S/C12H21F2N3/c1-9-3-2-6-17(7-9)11(15)16-8-12(4-5-12)10(13)14/h9-10H,2-8H2,1H3,(H2,15,16). The Morgan fingerprint density at radius 1 is 1.53 bits per heavy atom. The maximum absolute atomic E-state index is 12.7. The van der Waals surface area contributed by atoms with Crippen molar-refractivity contribution in [3.05, 3.63) is 0 Å². The third kappa shape index (κ3) is 2.87. The minimum Gasteiger partial charge on any atom is -0.370 e. The molecule has 1 heterocycles. The molecule has 1 aliphatic carbocycles. The van der Waals surface area contributed by atoms with Crippen molar-refractivity contribution in [2.45, 2.75) is 39.0 Å². The van der Waals surface area contributed by atoms with Crippen LogP contribution in [-0.2, 0) is 0 Å². The third-order valence-electron chi connectivity index (χ3n) is 3.89. The molecule has 0 aromatic carbocycles. The number of alkyl halides is 2. The minimum absolute atomic E-state index is 0.182. The van der Waals surface area contributed by atoms with E-state index >= 15 is 0 Å². The molecule has 1 saturated carbocycles. The van der Waals surface area contributed by atoms with E-state index in [-0.39, 0.29) is 6.54 Å². The van der Waals surface area contributed by atoms with Crippen LogP contribution in [0, 0.1) is 11.3 Å². The molecule has 5 heteroatoms. The molecule has 0 radical (unpaired) electrons. The number of hydrogen-bond donors (Lipinski definition) is 1. The van der Waals surface area contributed by atoms with E-state index < -0.39 is 11.8 Å². The average molecular weight is 245 g/mol. The molecule has 0 spiro atoms. The zero-order chi connectivity index (χ0) is 12.5. The molecule has 2 fully saturated rings. The first-order valence-electron chi connectivity index (χ1n) is 6.36. The molecule has 98 valence electrons. The van der Waals surface area contributed by atoms with Gasteiger partial charge < -0.3 is 10.6 Å². The van der Waals surface area contributed by atoms with Gasteiger partial charge in [0.25, 0.3) is 0 Å². The van der Waals surface area contributed by atoms with Crippen LogP contribution in [0.15, 0.2) is 4.99 Å². The molecule has 2 rings (SSSR count). The molecular formula is C12H21F2N3. The van der Waals surface area contributed by atoms with Gasteiger partial charge in [-0.25, -0.2) is 8.78 Å². The van der Waals surface area contributed by atoms with Crippen molar-refractivity contribution in [1.29, 1.82) is 0 Å². The maximum Gasteiger partial charge on any atom is 0.245 e. The second kappa shape index (κ2) is 4.78. The highest BCUT2D eigenvalue weighted by molar-refractivity contribution is 5.78. The summed E-state index contributed by atoms with van der Waals surface area (Å²) < 4.78 is 25.4. The number of piperidine rings is 1. The zero-order valence-electron chi connectivity index (χ0n) is 10.3. The lowest BCUT2D eigenvalue weighted by molar-refractivity contribution is 0.0665. The first-order chi connectivity index (χ1) is 8.03. The first kappa shape index (κ1) is 12.6. The summed E-state index contributed by atoms with van der Waals surface area (Å²) in [5.74, 6) is 1.06. The summed E-state index contributed by atoms with van der Waals surface area (Å²) in [5.41, 5.74) is 5.02. The van der Waals surface area contributed by atoms with Crippen molar-refractivity contribution in [2.24, 2.45) is 22.1 Å². The quantitative estimate of drug-likeness (QED) is 0.611. The Morgan fingerprint density at radius 2 is 2.24 bits per heavy atom. The van der Waals surface area contributed by atoms with Crippen LogP contribution < -0.4 is 5.73 Å². The molecule has 2 aliphatic rings. The second-order valence-corrected chi connectivity index (χ2v) is 5.53. The summed E-state index contributed by atoms with van der Waals surface area (Å²) in [6.45, 7) is 4.17. The molecular weight excluding hydrogens is 224 g/mol. The van der Waals surface area contributed by atoms with Crippen molar-refractivity contribution in [2.75, 3.05) is 19.6 Å². The fourth-order valence-corrected chi connectivity index (χ4v) is 2.34. The molecule has 0 aromatic heterocycles. The number of guanidine groups is 1. The lowest BCUT2D eigenvalue weighted by atomic mass is 10.0. The second-order valence-electron chi connectivity index (χ2n) is 5.53. The molecule has 0 bridgehead atoms. The summed E-state index contributed by atoms with van der Waals surface area (Å²) in [4.78, 5) is 6.20. The van der Waals surface area contributed by atoms with Crippen molar-refractivity contribution in [1.82, 2.24) is 4.90 Å². The van der Waals surface area contributed by atoms with Crippen LogP contribution >= 0.6 is 0 Å². The van der Waals surface area contributed by atoms with Gasteiger partial charge in [-0.1, -0.05) is 6.92 Å². The molecule has 17 heavy (non-hydrogen) atoms. The van der Waals surface area contributed by atoms with Crippen LogP contribution in [0.4, 0.5) is 8.78 Å². The molecule has 3 nitrogen and oxygen atoms in total. The first-order valence-corrected chi connectivity index (χ1v) is 6.36. The van der Waals surface area contributed by atoms with Crippen molar-refractivity contribution in [3.63, 3.8) is 0 Å². The minimum atomic E-state index is -2.26. The Labute approximate surface area is 101 Å². The predicted molar refractivity (Wildman–Crippen MR) is 64.1 cm³/mol. The van der Waals surface area contributed by atoms with Crippen LogP contribution in [-0.4, -0.2) is 36.9 Å². The van der Waals surface area contributed by atoms with E-state index in [1.807, 2.05) is 4.90 Å². The monoisotopic (exact) mass is 245 g/mol. The maximum atomic E-state index is 12.7. The number of halogens is 2. The van der Waals surface area contributed by atoms with Crippen molar-refractivity contribution < 1.29 is 8.78 Å². The topological polar surface area (TPSA) is 41.6 Å². The van der Waals surface area contributed by atoms with Gasteiger partial charge >= 0.3 is 0 Å². The Kier molecular flexibility index (Phi) is 3.54. The fourth-order valence-electron chi connectivity index (χ4n) is 2.34. The number of nitrogens with two attached hydrogens (primary N) is 1. The predicted octanol–water partition coefficient (Wildman–Crippen LogP) is 2.08. The van der Waals surface area contributed by atoms with E-state index in [9.17, 15) is 8.78 Å². The fraction of sp³-hybridized carbons (Fsp3) is 0.917. The zero-order valence-corrected chi connectivity index (χ0v) is 10.3. The van der Waals surface area contributed by atoms with Gasteiger partial charge in [0.05, 0.1) is 12.0 Å². The summed E-state index contributed by atoms with van der Waals surface area (Å²) >= 11 is 0. The molecule has 1 saturated heterocycles. The Balaban J connectivity index is 1.88. The van der Waals surface area contributed by atoms with Gasteiger partial charge in [0.2, 0.25) is 6.43 Å². The Hall–Kier alpha value is -0.870. The number of aliphatic imine (C=N–C) groups is 1. The molecule has 2 N–H and O–H groups in total. The van der Waals surface area contributed by atoms with E-state index in [4.69, 9.17) is 5.73 Å². The van der Waals surface area contributed by atoms with Gasteiger partial charge in [-0.05, 0) is 31.6 Å². The molecule has 0 aromatic rings. The van der Waals surface area contributed by atoms with E-state index in [0.717, 1.165) is 19.5 Å². The van der Waals surface area contributed by atoms with Crippen LogP contribution in [0.3, 0.4) is 0 Å². The van der Waals surface area contributed by atoms with E-state index in [2.05, 4.69) is 11.9 Å². The summed E-state index contributed by atoms with van der Waals surface area (Å²) in [6.07, 6.45) is 1.22. The summed E-state index contributed by atoms with van der Waals surface area (Å²) in [5, 5.41) is 0. The van der Waals surface area contributed by atoms with Crippen LogP contribution in [0.2, 0.25) is 0 Å². The molecule has 0 amide bonds. The lowest BCUT2D eigenvalue weighted by Gasteiger charge is -2.31. The number of likely N-dealkylation sites (tertiary alicyclic amines) is 1. The lowest BCUT2D eigenvalue weighted by Crippen LogP contribution is -2.43. The summed E-state index contributed by atoms with van der Waals surface area (Å²) in [6, 6.07) is 0. The largest absolute Gasteiger partial charge is 0.370 e. The molecule has 1 unspecified atom stereocenters. The highest BCUT2D eigenvalue weighted by Crippen LogP contribution is 2.50. The van der Waals surface area contributed by atoms with Crippen molar-refractivity contribution in [3.8, 4) is 0 Å². The summed E-state index contributed by atoms with van der Waals surface area (Å²) in [7, 11) is 0. The Morgan fingerprint density at radius 3 is 2.76 bits per heavy atom. The normalized spacial score (nSPS) is 28.6. The SMILES string of the molecule is CC1CCCN(C(N)=NCC2(C(F)F)CC2)C1. The molecule has 1 atom stereocenters. The van der Waals surface area contributed by atoms with Gasteiger partial charge in [0, 0.05) is 13.1 Å². The average Bonchev–Trinajstić information content (AvgIpc) is 3.07. The van der Waals surface area contributed by atoms with Gasteiger partial charge in [0.1, 0.15) is 0 Å². The van der Waals surface area contributed by atoms with E-state index in [1.165, 1.54) is 6.42 Å². The number of nitrogens with zero attached hydrogens (tertiary/aromatic N) is 2. The van der Waals surface area contributed by atoms with Gasteiger partial charge in [-0.15, -0.1) is 0 Å². The smallest absolute Gasteiger partial charge is 0.245 e. The third-order valence-corrected chi connectivity index (χ3v) is 3.89. The Bertz CT molecular complexity index is 300. The number of rotatable bonds is 3. The van der Waals surface area contributed by atoms with Crippen LogP contribution in [0.25, 0.3) is 0 Å². The highest BCUT2D eigenvalue weighted by atomic mass is 19.3. The van der Waals surface area contributed by atoms with Crippen molar-refractivity contribution >= 4 is 5.96 Å². The van der Waals surface area contributed by atoms with Gasteiger partial charge in [0.15, 0.2) is 5.96 Å². The van der Waals surface area contributed by atoms with Crippen LogP contribution in [0.1, 0.15) is 32.6 Å².